The number of hydrogen-bond donors (Lipinski definition) is 2. The lowest BCUT2D eigenvalue weighted by molar-refractivity contribution is -0.153. The van der Waals surface area contributed by atoms with E-state index in [1.807, 2.05) is 25.1 Å². The molecule has 0 atom stereocenters. The summed E-state index contributed by atoms with van der Waals surface area (Å²) in [6.07, 6.45) is 2.72. The first kappa shape index (κ1) is 29.0. The molecule has 1 spiro atoms. The number of halogens is 3. The van der Waals surface area contributed by atoms with E-state index in [2.05, 4.69) is 38.9 Å². The predicted octanol–water partition coefficient (Wildman–Crippen LogP) is 6.06. The van der Waals surface area contributed by atoms with Gasteiger partial charge in [0.2, 0.25) is 0 Å². The number of aromatic amines is 1. The fourth-order valence-electron chi connectivity index (χ4n) is 7.14. The number of anilines is 1. The van der Waals surface area contributed by atoms with Gasteiger partial charge in [0.05, 0.1) is 11.7 Å². The Labute approximate surface area is 254 Å². The number of nitrogens with zero attached hydrogens (tertiary/aromatic N) is 5. The maximum atomic E-state index is 13.8. The van der Waals surface area contributed by atoms with Crippen molar-refractivity contribution in [1.29, 1.82) is 0 Å². The van der Waals surface area contributed by atoms with Crippen molar-refractivity contribution in [3.05, 3.63) is 47.9 Å². The lowest BCUT2D eigenvalue weighted by Crippen LogP contribution is -2.58. The molecule has 44 heavy (non-hydrogen) atoms. The number of alkyl halides is 3. The van der Waals surface area contributed by atoms with Gasteiger partial charge in [-0.3, -0.25) is 5.10 Å². The average Bonchev–Trinajstić information content (AvgIpc) is 3.47. The minimum Gasteiger partial charge on any atom is -0.481 e. The summed E-state index contributed by atoms with van der Waals surface area (Å²) in [5, 5.41) is 12.1. The van der Waals surface area contributed by atoms with Crippen molar-refractivity contribution >= 4 is 33.7 Å². The van der Waals surface area contributed by atoms with E-state index in [9.17, 15) is 13.2 Å². The zero-order chi connectivity index (χ0) is 30.6. The number of aryl methyl sites for hydroxylation is 1. The van der Waals surface area contributed by atoms with E-state index >= 15 is 0 Å². The van der Waals surface area contributed by atoms with Crippen molar-refractivity contribution in [2.24, 2.45) is 5.41 Å². The molecule has 3 aliphatic rings. The summed E-state index contributed by atoms with van der Waals surface area (Å²) in [5.74, 6) is 1.67. The number of hydrogen-bond acceptors (Lipinski definition) is 7. The molecule has 0 amide bonds. The van der Waals surface area contributed by atoms with Gasteiger partial charge in [-0.15, -0.1) is 0 Å². The lowest BCUT2D eigenvalue weighted by Gasteiger charge is -2.48. The van der Waals surface area contributed by atoms with Gasteiger partial charge in [0.25, 0.3) is 0 Å². The van der Waals surface area contributed by atoms with Crippen molar-refractivity contribution in [1.82, 2.24) is 30.4 Å². The first-order valence-corrected chi connectivity index (χ1v) is 15.4. The molecular formula is C33H38F3N7O. The van der Waals surface area contributed by atoms with E-state index in [1.165, 1.54) is 0 Å². The van der Waals surface area contributed by atoms with Crippen LogP contribution in [-0.4, -0.2) is 84.2 Å². The molecule has 4 aromatic rings. The van der Waals surface area contributed by atoms with Crippen LogP contribution in [0.2, 0.25) is 0 Å². The minimum atomic E-state index is -4.53. The number of aromatic nitrogens is 4. The van der Waals surface area contributed by atoms with Crippen LogP contribution in [0, 0.1) is 12.3 Å². The summed E-state index contributed by atoms with van der Waals surface area (Å²) in [5.41, 5.74) is 4.38. The van der Waals surface area contributed by atoms with Crippen molar-refractivity contribution in [3.8, 4) is 16.9 Å². The van der Waals surface area contributed by atoms with E-state index in [0.29, 0.717) is 33.3 Å². The molecule has 0 aliphatic carbocycles. The van der Waals surface area contributed by atoms with Crippen LogP contribution < -0.4 is 15.0 Å². The number of fused-ring (bicyclic) bond motifs is 2. The molecule has 3 aliphatic heterocycles. The van der Waals surface area contributed by atoms with Crippen LogP contribution in [-0.2, 0) is 0 Å². The second kappa shape index (κ2) is 11.0. The summed E-state index contributed by atoms with van der Waals surface area (Å²) in [6, 6.07) is 5.85. The topological polar surface area (TPSA) is 82.2 Å². The summed E-state index contributed by atoms with van der Waals surface area (Å²) in [6.45, 7) is 10.2. The molecule has 3 saturated heterocycles. The zero-order valence-corrected chi connectivity index (χ0v) is 25.2. The third kappa shape index (κ3) is 5.19. The third-order valence-corrected chi connectivity index (χ3v) is 9.86. The van der Waals surface area contributed by atoms with Crippen LogP contribution in [0.5, 0.6) is 5.75 Å². The number of benzene rings is 2. The van der Waals surface area contributed by atoms with Gasteiger partial charge in [-0.1, -0.05) is 18.7 Å². The highest BCUT2D eigenvalue weighted by Gasteiger charge is 2.40. The van der Waals surface area contributed by atoms with Crippen LogP contribution in [0.15, 0.2) is 31.0 Å². The third-order valence-electron chi connectivity index (χ3n) is 9.86. The standard InChI is InChI=1S/C33H38F3N7O/c1-4-21-15-23-28(29(44-19-33(34,35)36)27(21)26-20(2)5-6-25-24(26)16-38-41-25)39-30(22-7-11-42(3)12-8-22)40-31(23)43-13-9-32(10-14-43)17-37-18-32/h4-6,15-16,22,37H,1,7-14,17-19H2,2-3H3,(H,38,41). The number of rotatable bonds is 6. The van der Waals surface area contributed by atoms with Crippen LogP contribution in [0.3, 0.4) is 0 Å². The molecule has 232 valence electrons. The van der Waals surface area contributed by atoms with Crippen LogP contribution in [0.1, 0.15) is 48.6 Å². The molecule has 2 aromatic carbocycles. The van der Waals surface area contributed by atoms with Crippen molar-refractivity contribution in [2.45, 2.75) is 44.7 Å². The molecule has 11 heteroatoms. The summed E-state index contributed by atoms with van der Waals surface area (Å²) in [4.78, 5) is 14.9. The number of nitrogens with one attached hydrogen (secondary N) is 2. The molecule has 0 unspecified atom stereocenters. The average molecular weight is 606 g/mol. The van der Waals surface area contributed by atoms with Crippen LogP contribution >= 0.6 is 0 Å². The van der Waals surface area contributed by atoms with Gasteiger partial charge in [-0.05, 0) is 87.0 Å². The molecule has 0 bridgehead atoms. The second-order valence-electron chi connectivity index (χ2n) is 12.8. The molecule has 7 rings (SSSR count). The fraction of sp³-hybridized carbons (Fsp3) is 0.485. The number of H-pyrrole nitrogens is 1. The number of piperidine rings is 2. The highest BCUT2D eigenvalue weighted by atomic mass is 19.4. The molecular weight excluding hydrogens is 567 g/mol. The maximum Gasteiger partial charge on any atom is 0.422 e. The van der Waals surface area contributed by atoms with Crippen LogP contribution in [0.25, 0.3) is 39.0 Å². The van der Waals surface area contributed by atoms with Gasteiger partial charge in [0.1, 0.15) is 17.2 Å². The Morgan fingerprint density at radius 2 is 1.82 bits per heavy atom. The van der Waals surface area contributed by atoms with Crippen molar-refractivity contribution in [2.75, 3.05) is 57.8 Å². The largest absolute Gasteiger partial charge is 0.481 e. The van der Waals surface area contributed by atoms with Crippen molar-refractivity contribution in [3.63, 3.8) is 0 Å². The molecule has 2 aromatic heterocycles. The van der Waals surface area contributed by atoms with Gasteiger partial charge in [-0.2, -0.15) is 18.3 Å². The monoisotopic (exact) mass is 605 g/mol. The first-order chi connectivity index (χ1) is 21.1. The van der Waals surface area contributed by atoms with Gasteiger partial charge in [0, 0.05) is 48.4 Å². The van der Waals surface area contributed by atoms with Gasteiger partial charge in [0.15, 0.2) is 12.4 Å². The van der Waals surface area contributed by atoms with E-state index in [-0.39, 0.29) is 11.7 Å². The summed E-state index contributed by atoms with van der Waals surface area (Å²) in [7, 11) is 2.10. The predicted molar refractivity (Wildman–Crippen MR) is 167 cm³/mol. The highest BCUT2D eigenvalue weighted by molar-refractivity contribution is 6.07. The molecule has 8 nitrogen and oxygen atoms in total. The highest BCUT2D eigenvalue weighted by Crippen LogP contribution is 2.47. The normalized spacial score (nSPS) is 19.5. The van der Waals surface area contributed by atoms with Crippen LogP contribution in [0.4, 0.5) is 19.0 Å². The van der Waals surface area contributed by atoms with Gasteiger partial charge < -0.3 is 19.9 Å². The lowest BCUT2D eigenvalue weighted by atomic mass is 9.73. The molecule has 3 fully saturated rings. The summed E-state index contributed by atoms with van der Waals surface area (Å²) >= 11 is 0. The Bertz CT molecular complexity index is 1710. The Morgan fingerprint density at radius 3 is 2.48 bits per heavy atom. The quantitative estimate of drug-likeness (QED) is 0.276. The smallest absolute Gasteiger partial charge is 0.422 e. The Kier molecular flexibility index (Phi) is 7.28. The van der Waals surface area contributed by atoms with E-state index in [0.717, 1.165) is 92.8 Å². The van der Waals surface area contributed by atoms with Crippen molar-refractivity contribution < 1.29 is 17.9 Å². The summed E-state index contributed by atoms with van der Waals surface area (Å²) < 4.78 is 47.3. The van der Waals surface area contributed by atoms with Gasteiger partial charge in [-0.25, -0.2) is 9.97 Å². The maximum absolute atomic E-state index is 13.8. The second-order valence-corrected chi connectivity index (χ2v) is 12.8. The zero-order valence-electron chi connectivity index (χ0n) is 25.2. The Balaban J connectivity index is 1.48. The molecule has 2 N–H and O–H groups in total. The fourth-order valence-corrected chi connectivity index (χ4v) is 7.14. The van der Waals surface area contributed by atoms with Gasteiger partial charge >= 0.3 is 6.18 Å². The molecule has 5 heterocycles. The molecule has 0 radical (unpaired) electrons. The SMILES string of the molecule is C=Cc1cc2c(N3CCC4(CC3)CNC4)nc(C3CCN(C)CC3)nc2c(OCC(F)(F)F)c1-c1c(C)ccc2[nH]ncc12. The first-order valence-electron chi connectivity index (χ1n) is 15.4. The van der Waals surface area contributed by atoms with E-state index in [4.69, 9.17) is 14.7 Å². The molecule has 0 saturated carbocycles. The number of ether oxygens (including phenoxy) is 1. The minimum absolute atomic E-state index is 0.110. The Hall–Kier alpha value is -3.70. The van der Waals surface area contributed by atoms with E-state index in [1.54, 1.807) is 12.3 Å². The number of likely N-dealkylation sites (tertiary alicyclic amines) is 1. The Morgan fingerprint density at radius 1 is 1.07 bits per heavy atom. The van der Waals surface area contributed by atoms with E-state index < -0.39 is 12.8 Å².